The molecule has 0 atom stereocenters. The fraction of sp³-hybridized carbons (Fsp3) is 0. The van der Waals surface area contributed by atoms with Gasteiger partial charge in [-0.3, -0.25) is 5.41 Å². The molecule has 0 radical (unpaired) electrons. The van der Waals surface area contributed by atoms with Gasteiger partial charge >= 0.3 is 0 Å². The highest BCUT2D eigenvalue weighted by molar-refractivity contribution is 7.25. The summed E-state index contributed by atoms with van der Waals surface area (Å²) in [6, 6.07) is 40.9. The summed E-state index contributed by atoms with van der Waals surface area (Å²) < 4.78 is 56.5. The lowest BCUT2D eigenvalue weighted by Gasteiger charge is -2.13. The third-order valence-electron chi connectivity index (χ3n) is 8.67. The van der Waals surface area contributed by atoms with Crippen LogP contribution in [0.5, 0.6) is 0 Å². The summed E-state index contributed by atoms with van der Waals surface area (Å²) in [7, 11) is 0. The number of nitrogens with zero attached hydrogens (tertiary/aromatic N) is 3. The second-order valence-electron chi connectivity index (χ2n) is 11.8. The number of benzene rings is 7. The fourth-order valence-electron chi connectivity index (χ4n) is 6.33. The van der Waals surface area contributed by atoms with Gasteiger partial charge in [-0.2, -0.15) is 0 Å². The van der Waals surface area contributed by atoms with Crippen LogP contribution in [0.15, 0.2) is 180 Å². The van der Waals surface area contributed by atoms with Crippen molar-refractivity contribution in [3.8, 4) is 16.8 Å². The minimum atomic E-state index is -0.188. The van der Waals surface area contributed by atoms with Crippen molar-refractivity contribution >= 4 is 71.2 Å². The number of thiophene rings is 1. The van der Waals surface area contributed by atoms with Gasteiger partial charge in [-0.05, 0) is 59.1 Å². The average Bonchev–Trinajstić information content (AvgIpc) is 3.78. The monoisotopic (exact) mass is 664 g/mol. The van der Waals surface area contributed by atoms with E-state index in [1.807, 2.05) is 91.0 Å². The van der Waals surface area contributed by atoms with Crippen LogP contribution in [0.1, 0.15) is 24.9 Å². The Bertz CT molecular complexity index is 3040. The molecule has 0 spiro atoms. The van der Waals surface area contributed by atoms with Crippen LogP contribution >= 0.6 is 11.3 Å². The number of aliphatic imine (C=N–C) groups is 2. The predicted molar refractivity (Wildman–Crippen MR) is 213 cm³/mol. The van der Waals surface area contributed by atoms with Crippen molar-refractivity contribution in [3.05, 3.63) is 186 Å². The summed E-state index contributed by atoms with van der Waals surface area (Å²) in [6.07, 6.45) is 1.76. The van der Waals surface area contributed by atoms with E-state index in [9.17, 15) is 5.41 Å². The topological polar surface area (TPSA) is 53.5 Å². The van der Waals surface area contributed by atoms with E-state index in [0.29, 0.717) is 17.1 Å². The average molecular weight is 665 g/mol. The maximum atomic E-state index is 9.43. The maximum Gasteiger partial charge on any atom is 0.161 e. The van der Waals surface area contributed by atoms with Crippen LogP contribution in [-0.2, 0) is 0 Å². The SMILES string of the molecule is [2H]c1cc([2H])c2c(c1[2H])c1c([2H])c([2H])cc([2H])c1n2-c1cc(C(=N)N=C(N=Cc2ccc3c(c2)sc2ccccc23)c2ccccc2)cc(-c2ccccc2)c1. The first-order valence-electron chi connectivity index (χ1n) is 19.1. The summed E-state index contributed by atoms with van der Waals surface area (Å²) in [4.78, 5) is 9.65. The first-order valence-corrected chi connectivity index (χ1v) is 16.9. The zero-order chi connectivity index (χ0) is 38.7. The molecule has 0 fully saturated rings. The second kappa shape index (κ2) is 12.5. The fourth-order valence-corrected chi connectivity index (χ4v) is 7.49. The Morgan fingerprint density at radius 2 is 1.28 bits per heavy atom. The molecule has 0 amide bonds. The smallest absolute Gasteiger partial charge is 0.161 e. The van der Waals surface area contributed by atoms with Crippen molar-refractivity contribution in [1.82, 2.24) is 4.57 Å². The van der Waals surface area contributed by atoms with E-state index in [1.54, 1.807) is 28.2 Å². The summed E-state index contributed by atoms with van der Waals surface area (Å²) in [5, 5.41) is 12.2. The lowest BCUT2D eigenvalue weighted by atomic mass is 10.0. The third-order valence-corrected chi connectivity index (χ3v) is 9.81. The molecule has 2 aromatic heterocycles. The number of para-hydroxylation sites is 2. The molecule has 0 aliphatic rings. The largest absolute Gasteiger partial charge is 0.309 e. The summed E-state index contributed by atoms with van der Waals surface area (Å²) in [5.41, 5.74) is 4.58. The highest BCUT2D eigenvalue weighted by atomic mass is 32.1. The van der Waals surface area contributed by atoms with E-state index >= 15 is 0 Å². The van der Waals surface area contributed by atoms with Gasteiger partial charge in [0.15, 0.2) is 11.7 Å². The van der Waals surface area contributed by atoms with Crippen LogP contribution < -0.4 is 0 Å². The number of amidine groups is 2. The maximum absolute atomic E-state index is 9.43. The van der Waals surface area contributed by atoms with Crippen molar-refractivity contribution < 1.29 is 8.22 Å². The van der Waals surface area contributed by atoms with Crippen LogP contribution in [0.3, 0.4) is 0 Å². The van der Waals surface area contributed by atoms with E-state index in [0.717, 1.165) is 27.0 Å². The number of hydrogen-bond acceptors (Lipinski definition) is 2. The number of aromatic nitrogens is 1. The summed E-state index contributed by atoms with van der Waals surface area (Å²) >= 11 is 1.73. The molecule has 9 aromatic rings. The standard InChI is InChI=1S/C45H30N4S/c46-44(48-45(32-15-5-2-6-16-32)47-29-30-23-24-39-38-19-9-12-22-42(38)50-43(39)25-30)34-26-33(31-13-3-1-4-14-31)27-35(28-34)49-40-20-10-7-17-36(40)37-18-8-11-21-41(37)49/h1-29,46H/i7D,8D,17D,18D,20D,21D. The molecule has 2 heterocycles. The number of hydrogen-bond donors (Lipinski definition) is 1. The quantitative estimate of drug-likeness (QED) is 0.141. The summed E-state index contributed by atoms with van der Waals surface area (Å²) in [6.45, 7) is 0. The first kappa shape index (κ1) is 23.8. The molecule has 50 heavy (non-hydrogen) atoms. The third kappa shape index (κ3) is 5.40. The van der Waals surface area contributed by atoms with Crippen molar-refractivity contribution in [2.24, 2.45) is 9.98 Å². The van der Waals surface area contributed by atoms with E-state index in [1.165, 1.54) is 27.6 Å². The molecule has 0 saturated heterocycles. The van der Waals surface area contributed by atoms with Crippen LogP contribution in [0.2, 0.25) is 0 Å². The molecule has 5 heteroatoms. The van der Waals surface area contributed by atoms with Crippen molar-refractivity contribution in [2.45, 2.75) is 0 Å². The zero-order valence-corrected chi connectivity index (χ0v) is 27.3. The van der Waals surface area contributed by atoms with Gasteiger partial charge in [0.1, 0.15) is 0 Å². The van der Waals surface area contributed by atoms with E-state index in [2.05, 4.69) is 24.3 Å². The van der Waals surface area contributed by atoms with Crippen LogP contribution in [0, 0.1) is 5.41 Å². The molecule has 0 aliphatic heterocycles. The lowest BCUT2D eigenvalue weighted by Crippen LogP contribution is -2.06. The van der Waals surface area contributed by atoms with Crippen LogP contribution in [-0.4, -0.2) is 22.5 Å². The van der Waals surface area contributed by atoms with E-state index in [-0.39, 0.29) is 63.9 Å². The molecule has 0 saturated carbocycles. The molecule has 0 aliphatic carbocycles. The van der Waals surface area contributed by atoms with Gasteiger partial charge in [0.05, 0.1) is 19.3 Å². The van der Waals surface area contributed by atoms with Crippen molar-refractivity contribution in [3.63, 3.8) is 0 Å². The highest BCUT2D eigenvalue weighted by Crippen LogP contribution is 2.35. The van der Waals surface area contributed by atoms with Crippen molar-refractivity contribution in [2.75, 3.05) is 0 Å². The Labute approximate surface area is 301 Å². The van der Waals surface area contributed by atoms with Crippen LogP contribution in [0.25, 0.3) is 58.8 Å². The highest BCUT2D eigenvalue weighted by Gasteiger charge is 2.15. The molecule has 1 N–H and O–H groups in total. The van der Waals surface area contributed by atoms with Gasteiger partial charge in [0.25, 0.3) is 0 Å². The lowest BCUT2D eigenvalue weighted by molar-refractivity contribution is 1.18. The van der Waals surface area contributed by atoms with Gasteiger partial charge in [0, 0.05) is 54.0 Å². The normalized spacial score (nSPS) is 13.8. The Kier molecular flexibility index (Phi) is 5.98. The first-order chi connectivity index (χ1) is 27.2. The minimum absolute atomic E-state index is 0.0585. The Morgan fingerprint density at radius 1 is 0.600 bits per heavy atom. The molecule has 0 unspecified atom stereocenters. The Morgan fingerprint density at radius 3 is 2.04 bits per heavy atom. The zero-order valence-electron chi connectivity index (χ0n) is 32.5. The van der Waals surface area contributed by atoms with Crippen molar-refractivity contribution in [1.29, 1.82) is 5.41 Å². The molecule has 0 bridgehead atoms. The van der Waals surface area contributed by atoms with Gasteiger partial charge in [-0.15, -0.1) is 11.3 Å². The van der Waals surface area contributed by atoms with Gasteiger partial charge in [0.2, 0.25) is 0 Å². The molecule has 4 nitrogen and oxygen atoms in total. The minimum Gasteiger partial charge on any atom is -0.309 e. The van der Waals surface area contributed by atoms with E-state index < -0.39 is 0 Å². The van der Waals surface area contributed by atoms with Gasteiger partial charge in [-0.25, -0.2) is 9.98 Å². The number of nitrogens with one attached hydrogen (secondary N) is 1. The molecule has 7 aromatic carbocycles. The predicted octanol–water partition coefficient (Wildman–Crippen LogP) is 11.7. The summed E-state index contributed by atoms with van der Waals surface area (Å²) in [5.74, 6) is 0.253. The Balaban J connectivity index is 1.23. The van der Waals surface area contributed by atoms with E-state index in [4.69, 9.17) is 18.2 Å². The molecular formula is C45H30N4S. The number of rotatable bonds is 5. The second-order valence-corrected chi connectivity index (χ2v) is 12.9. The van der Waals surface area contributed by atoms with Gasteiger partial charge < -0.3 is 4.57 Å². The van der Waals surface area contributed by atoms with Gasteiger partial charge in [-0.1, -0.05) is 127 Å². The van der Waals surface area contributed by atoms with Crippen LogP contribution in [0.4, 0.5) is 0 Å². The molecule has 9 rings (SSSR count). The molecule has 236 valence electrons. The number of fused-ring (bicyclic) bond motifs is 6. The Hall–Kier alpha value is -6.43. The molecular weight excluding hydrogens is 629 g/mol.